The van der Waals surface area contributed by atoms with Gasteiger partial charge in [-0.25, -0.2) is 0 Å². The first kappa shape index (κ1) is 11.6. The first-order valence-corrected chi connectivity index (χ1v) is 5.11. The molecule has 1 aromatic heterocycles. The average Bonchev–Trinajstić information content (AvgIpc) is 2.68. The molecule has 6 nitrogen and oxygen atoms in total. The molecule has 0 aliphatic rings. The summed E-state index contributed by atoms with van der Waals surface area (Å²) in [5, 5.41) is 26.9. The van der Waals surface area contributed by atoms with Gasteiger partial charge in [-0.05, 0) is 18.6 Å². The summed E-state index contributed by atoms with van der Waals surface area (Å²) < 4.78 is 0. The third-order valence-corrected chi connectivity index (χ3v) is 2.70. The van der Waals surface area contributed by atoms with E-state index in [9.17, 15) is 15.0 Å². The number of H-pyrrole nitrogens is 1. The van der Waals surface area contributed by atoms with Crippen LogP contribution in [0, 0.1) is 6.92 Å². The van der Waals surface area contributed by atoms with E-state index in [0.29, 0.717) is 11.1 Å². The van der Waals surface area contributed by atoms with Crippen LogP contribution in [0.15, 0.2) is 18.2 Å². The van der Waals surface area contributed by atoms with Crippen LogP contribution in [-0.4, -0.2) is 32.4 Å². The summed E-state index contributed by atoms with van der Waals surface area (Å²) in [5.41, 5.74) is 6.89. The fourth-order valence-corrected chi connectivity index (χ4v) is 1.68. The van der Waals surface area contributed by atoms with Gasteiger partial charge in [0.1, 0.15) is 6.10 Å². The van der Waals surface area contributed by atoms with Gasteiger partial charge in [0.05, 0.1) is 5.52 Å². The van der Waals surface area contributed by atoms with E-state index in [1.165, 1.54) is 0 Å². The van der Waals surface area contributed by atoms with Crippen LogP contribution in [0.3, 0.4) is 0 Å². The number of carbonyl (C=O) groups is 1. The van der Waals surface area contributed by atoms with Crippen LogP contribution in [0.2, 0.25) is 0 Å². The molecule has 6 heteroatoms. The van der Waals surface area contributed by atoms with E-state index in [0.717, 1.165) is 11.1 Å². The number of aliphatic hydroxyl groups is 2. The normalized spacial score (nSPS) is 14.8. The van der Waals surface area contributed by atoms with E-state index in [1.807, 2.05) is 6.92 Å². The number of primary amides is 1. The Hall–Kier alpha value is -1.92. The molecule has 0 aliphatic carbocycles. The van der Waals surface area contributed by atoms with E-state index >= 15 is 0 Å². The Labute approximate surface area is 97.1 Å². The molecule has 90 valence electrons. The maximum Gasteiger partial charge on any atom is 0.249 e. The summed E-state index contributed by atoms with van der Waals surface area (Å²) >= 11 is 0. The van der Waals surface area contributed by atoms with Crippen molar-refractivity contribution in [3.05, 3.63) is 29.5 Å². The lowest BCUT2D eigenvalue weighted by atomic mass is 10.0. The van der Waals surface area contributed by atoms with Crippen molar-refractivity contribution in [1.29, 1.82) is 0 Å². The molecule has 0 spiro atoms. The highest BCUT2D eigenvalue weighted by molar-refractivity contribution is 5.83. The van der Waals surface area contributed by atoms with E-state index in [2.05, 4.69) is 10.2 Å². The molecule has 0 fully saturated rings. The number of aliphatic hydroxyl groups excluding tert-OH is 2. The van der Waals surface area contributed by atoms with Crippen molar-refractivity contribution in [3.63, 3.8) is 0 Å². The predicted molar refractivity (Wildman–Crippen MR) is 61.0 cm³/mol. The van der Waals surface area contributed by atoms with Crippen molar-refractivity contribution in [2.45, 2.75) is 19.1 Å². The van der Waals surface area contributed by atoms with Crippen molar-refractivity contribution in [2.24, 2.45) is 5.73 Å². The standard InChI is InChI=1S/C11H13N3O3/c1-5-7-3-2-6(4-8(7)14-13-5)9(15)10(16)11(12)17/h2-4,9-10,15-16H,1H3,(H2,12,17)(H,13,14). The van der Waals surface area contributed by atoms with Crippen LogP contribution in [0.4, 0.5) is 0 Å². The largest absolute Gasteiger partial charge is 0.385 e. The van der Waals surface area contributed by atoms with E-state index < -0.39 is 18.1 Å². The van der Waals surface area contributed by atoms with E-state index in [4.69, 9.17) is 5.73 Å². The maximum absolute atomic E-state index is 10.8. The first-order valence-electron chi connectivity index (χ1n) is 5.11. The number of benzene rings is 1. The van der Waals surface area contributed by atoms with Gasteiger partial charge in [0.15, 0.2) is 6.10 Å². The Bertz CT molecular complexity index is 564. The number of nitrogens with two attached hydrogens (primary N) is 1. The topological polar surface area (TPSA) is 112 Å². The van der Waals surface area contributed by atoms with Gasteiger partial charge in [-0.15, -0.1) is 0 Å². The minimum atomic E-state index is -1.62. The molecule has 0 radical (unpaired) electrons. The van der Waals surface area contributed by atoms with Gasteiger partial charge < -0.3 is 15.9 Å². The molecule has 2 aromatic rings. The predicted octanol–water partition coefficient (Wildman–Crippen LogP) is -0.249. The highest BCUT2D eigenvalue weighted by Crippen LogP contribution is 2.22. The van der Waals surface area contributed by atoms with Gasteiger partial charge in [0.25, 0.3) is 0 Å². The summed E-state index contributed by atoms with van der Waals surface area (Å²) in [4.78, 5) is 10.8. The maximum atomic E-state index is 10.8. The minimum absolute atomic E-state index is 0.398. The second-order valence-corrected chi connectivity index (χ2v) is 3.92. The molecule has 17 heavy (non-hydrogen) atoms. The number of carbonyl (C=O) groups excluding carboxylic acids is 1. The Morgan fingerprint density at radius 3 is 2.82 bits per heavy atom. The van der Waals surface area contributed by atoms with Gasteiger partial charge >= 0.3 is 0 Å². The number of nitrogens with zero attached hydrogens (tertiary/aromatic N) is 1. The fourth-order valence-electron chi connectivity index (χ4n) is 1.68. The molecule has 0 bridgehead atoms. The monoisotopic (exact) mass is 235 g/mol. The highest BCUT2D eigenvalue weighted by atomic mass is 16.3. The number of hydrogen-bond acceptors (Lipinski definition) is 4. The van der Waals surface area contributed by atoms with Crippen molar-refractivity contribution < 1.29 is 15.0 Å². The third kappa shape index (κ3) is 2.00. The van der Waals surface area contributed by atoms with Crippen molar-refractivity contribution in [2.75, 3.05) is 0 Å². The van der Waals surface area contributed by atoms with Crippen molar-refractivity contribution in [1.82, 2.24) is 10.2 Å². The molecule has 0 saturated carbocycles. The zero-order valence-corrected chi connectivity index (χ0v) is 9.21. The summed E-state index contributed by atoms with van der Waals surface area (Å²) in [7, 11) is 0. The van der Waals surface area contributed by atoms with E-state index in [1.54, 1.807) is 18.2 Å². The number of hydrogen-bond donors (Lipinski definition) is 4. The number of aromatic amines is 1. The van der Waals surface area contributed by atoms with Crippen LogP contribution in [0.5, 0.6) is 0 Å². The lowest BCUT2D eigenvalue weighted by Gasteiger charge is -2.14. The lowest BCUT2D eigenvalue weighted by molar-refractivity contribution is -0.131. The molecule has 2 atom stereocenters. The summed E-state index contributed by atoms with van der Waals surface area (Å²) in [6.45, 7) is 1.88. The summed E-state index contributed by atoms with van der Waals surface area (Å²) in [6, 6.07) is 5.00. The molecule has 2 rings (SSSR count). The Balaban J connectivity index is 2.39. The van der Waals surface area contributed by atoms with Gasteiger partial charge in [-0.2, -0.15) is 5.10 Å². The minimum Gasteiger partial charge on any atom is -0.385 e. The first-order chi connectivity index (χ1) is 8.00. The fraction of sp³-hybridized carbons (Fsp3) is 0.273. The van der Waals surface area contributed by atoms with Gasteiger partial charge in [0, 0.05) is 11.1 Å². The zero-order valence-electron chi connectivity index (χ0n) is 9.21. The Kier molecular flexibility index (Phi) is 2.83. The van der Waals surface area contributed by atoms with E-state index in [-0.39, 0.29) is 0 Å². The average molecular weight is 235 g/mol. The Morgan fingerprint density at radius 1 is 1.47 bits per heavy atom. The van der Waals surface area contributed by atoms with Crippen molar-refractivity contribution in [3.8, 4) is 0 Å². The number of rotatable bonds is 3. The third-order valence-electron chi connectivity index (χ3n) is 2.70. The number of nitrogens with one attached hydrogen (secondary N) is 1. The second kappa shape index (κ2) is 4.15. The number of amides is 1. The highest BCUT2D eigenvalue weighted by Gasteiger charge is 2.23. The van der Waals surface area contributed by atoms with Crippen LogP contribution in [-0.2, 0) is 4.79 Å². The van der Waals surface area contributed by atoms with Crippen molar-refractivity contribution >= 4 is 16.8 Å². The van der Waals surface area contributed by atoms with Crippen LogP contribution in [0.1, 0.15) is 17.4 Å². The molecular weight excluding hydrogens is 222 g/mol. The van der Waals surface area contributed by atoms with Gasteiger partial charge in [-0.3, -0.25) is 9.89 Å². The van der Waals surface area contributed by atoms with Crippen LogP contribution < -0.4 is 5.73 Å². The van der Waals surface area contributed by atoms with Crippen LogP contribution in [0.25, 0.3) is 10.9 Å². The second-order valence-electron chi connectivity index (χ2n) is 3.92. The van der Waals surface area contributed by atoms with Gasteiger partial charge in [0.2, 0.25) is 5.91 Å². The zero-order chi connectivity index (χ0) is 12.6. The molecule has 0 saturated heterocycles. The molecule has 2 unspecified atom stereocenters. The number of aryl methyl sites for hydroxylation is 1. The number of aromatic nitrogens is 2. The Morgan fingerprint density at radius 2 is 2.18 bits per heavy atom. The summed E-state index contributed by atoms with van der Waals surface area (Å²) in [6.07, 6.45) is -2.96. The molecule has 1 amide bonds. The SMILES string of the molecule is Cc1[nH]nc2cc(C(O)C(O)C(N)=O)ccc12. The molecule has 5 N–H and O–H groups in total. The van der Waals surface area contributed by atoms with Gasteiger partial charge in [-0.1, -0.05) is 12.1 Å². The molecular formula is C11H13N3O3. The quantitative estimate of drug-likeness (QED) is 0.587. The lowest BCUT2D eigenvalue weighted by Crippen LogP contribution is -2.33. The summed E-state index contributed by atoms with van der Waals surface area (Å²) in [5.74, 6) is -0.962. The number of fused-ring (bicyclic) bond motifs is 1. The molecule has 1 heterocycles. The van der Waals surface area contributed by atoms with Crippen LogP contribution >= 0.6 is 0 Å². The molecule has 0 aliphatic heterocycles. The smallest absolute Gasteiger partial charge is 0.249 e. The molecule has 1 aromatic carbocycles.